The van der Waals surface area contributed by atoms with Gasteiger partial charge in [0, 0.05) is 13.1 Å². The Morgan fingerprint density at radius 1 is 1.47 bits per heavy atom. The van der Waals surface area contributed by atoms with Crippen molar-refractivity contribution in [2.45, 2.75) is 12.5 Å². The average molecular weight is 239 g/mol. The number of nitrogens with two attached hydrogens (primary N) is 1. The third-order valence-corrected chi connectivity index (χ3v) is 2.30. The fourth-order valence-corrected chi connectivity index (χ4v) is 1.33. The van der Waals surface area contributed by atoms with Crippen LogP contribution < -0.4 is 15.8 Å². The molecule has 0 bridgehead atoms. The highest BCUT2D eigenvalue weighted by Gasteiger charge is 2.09. The van der Waals surface area contributed by atoms with Gasteiger partial charge in [-0.3, -0.25) is 4.79 Å². The third kappa shape index (κ3) is 9.60. The first kappa shape index (κ1) is 14.3. The van der Waals surface area contributed by atoms with E-state index in [4.69, 9.17) is 10.8 Å². The van der Waals surface area contributed by atoms with Crippen molar-refractivity contribution >= 4 is 16.0 Å². The maximum absolute atomic E-state index is 10.6. The molecule has 90 valence electrons. The summed E-state index contributed by atoms with van der Waals surface area (Å²) in [6.07, 6.45) is 1.67. The Hall–Kier alpha value is -0.700. The lowest BCUT2D eigenvalue weighted by Crippen LogP contribution is -2.41. The summed E-state index contributed by atoms with van der Waals surface area (Å²) in [4.78, 5) is 10.3. The molecule has 0 aliphatic rings. The lowest BCUT2D eigenvalue weighted by Gasteiger charge is -2.08. The van der Waals surface area contributed by atoms with Gasteiger partial charge < -0.3 is 16.2 Å². The number of carbonyl (C=O) groups is 1. The number of carboxylic acid groups (broad SMARTS) is 1. The minimum absolute atomic E-state index is 0.175. The van der Waals surface area contributed by atoms with Crippen LogP contribution in [-0.2, 0) is 14.8 Å². The molecule has 0 aliphatic heterocycles. The van der Waals surface area contributed by atoms with Gasteiger partial charge in [0.15, 0.2) is 0 Å². The molecule has 8 heteroatoms. The van der Waals surface area contributed by atoms with Gasteiger partial charge in [0.2, 0.25) is 10.0 Å². The van der Waals surface area contributed by atoms with Gasteiger partial charge in [-0.15, -0.1) is 0 Å². The number of rotatable bonds is 8. The van der Waals surface area contributed by atoms with E-state index in [1.807, 2.05) is 0 Å². The SMILES string of the molecule is CS(=O)(=O)NCCCNCC(N)C(=O)O. The molecule has 0 spiro atoms. The summed E-state index contributed by atoms with van der Waals surface area (Å²) < 4.78 is 23.6. The van der Waals surface area contributed by atoms with E-state index in [2.05, 4.69) is 10.0 Å². The van der Waals surface area contributed by atoms with Crippen LogP contribution in [0.1, 0.15) is 6.42 Å². The van der Waals surface area contributed by atoms with Gasteiger partial charge in [0.25, 0.3) is 0 Å². The fraction of sp³-hybridized carbons (Fsp3) is 0.857. The van der Waals surface area contributed by atoms with Gasteiger partial charge in [-0.1, -0.05) is 0 Å². The third-order valence-electron chi connectivity index (χ3n) is 1.58. The Labute approximate surface area is 89.1 Å². The van der Waals surface area contributed by atoms with Crippen molar-refractivity contribution in [2.24, 2.45) is 5.73 Å². The van der Waals surface area contributed by atoms with E-state index in [-0.39, 0.29) is 6.54 Å². The van der Waals surface area contributed by atoms with Crippen molar-refractivity contribution in [1.82, 2.24) is 10.0 Å². The van der Waals surface area contributed by atoms with Crippen LogP contribution in [0.2, 0.25) is 0 Å². The van der Waals surface area contributed by atoms with E-state index in [0.29, 0.717) is 19.5 Å². The van der Waals surface area contributed by atoms with Gasteiger partial charge in [0.1, 0.15) is 6.04 Å². The summed E-state index contributed by atoms with van der Waals surface area (Å²) in [5.74, 6) is -1.06. The second-order valence-electron chi connectivity index (χ2n) is 3.17. The predicted molar refractivity (Wildman–Crippen MR) is 55.9 cm³/mol. The van der Waals surface area contributed by atoms with Crippen molar-refractivity contribution in [1.29, 1.82) is 0 Å². The summed E-state index contributed by atoms with van der Waals surface area (Å²) >= 11 is 0. The minimum atomic E-state index is -3.14. The molecule has 15 heavy (non-hydrogen) atoms. The maximum Gasteiger partial charge on any atom is 0.321 e. The van der Waals surface area contributed by atoms with Gasteiger partial charge in [-0.05, 0) is 13.0 Å². The van der Waals surface area contributed by atoms with Crippen LogP contribution >= 0.6 is 0 Å². The van der Waals surface area contributed by atoms with E-state index < -0.39 is 22.0 Å². The molecule has 0 aromatic carbocycles. The fourth-order valence-electron chi connectivity index (χ4n) is 0.816. The number of hydrogen-bond donors (Lipinski definition) is 4. The first-order chi connectivity index (χ1) is 6.83. The van der Waals surface area contributed by atoms with Gasteiger partial charge >= 0.3 is 5.97 Å². The van der Waals surface area contributed by atoms with Gasteiger partial charge in [-0.25, -0.2) is 13.1 Å². The van der Waals surface area contributed by atoms with Crippen LogP contribution in [0.3, 0.4) is 0 Å². The quantitative estimate of drug-likeness (QED) is 0.361. The second kappa shape index (κ2) is 6.72. The smallest absolute Gasteiger partial charge is 0.321 e. The standard InChI is InChI=1S/C7H17N3O4S/c1-15(13,14)10-4-2-3-9-5-6(8)7(11)12/h6,9-10H,2-5,8H2,1H3,(H,11,12). The zero-order chi connectivity index (χ0) is 11.9. The molecule has 0 heterocycles. The predicted octanol–water partition coefficient (Wildman–Crippen LogP) is -2.07. The lowest BCUT2D eigenvalue weighted by atomic mass is 10.3. The van der Waals surface area contributed by atoms with E-state index >= 15 is 0 Å². The van der Waals surface area contributed by atoms with Crippen molar-refractivity contribution in [3.8, 4) is 0 Å². The first-order valence-corrected chi connectivity index (χ1v) is 6.36. The highest BCUT2D eigenvalue weighted by molar-refractivity contribution is 7.88. The Bertz CT molecular complexity index is 291. The molecule has 0 aromatic rings. The van der Waals surface area contributed by atoms with Crippen LogP contribution in [-0.4, -0.2) is 51.4 Å². The lowest BCUT2D eigenvalue weighted by molar-refractivity contribution is -0.138. The molecule has 0 saturated heterocycles. The summed E-state index contributed by atoms with van der Waals surface area (Å²) in [6, 6.07) is -0.923. The summed E-state index contributed by atoms with van der Waals surface area (Å²) in [6.45, 7) is 1.02. The number of hydrogen-bond acceptors (Lipinski definition) is 5. The molecule has 7 nitrogen and oxygen atoms in total. The summed E-state index contributed by atoms with van der Waals surface area (Å²) in [5, 5.41) is 11.2. The van der Waals surface area contributed by atoms with Crippen LogP contribution in [0, 0.1) is 0 Å². The molecule has 0 amide bonds. The van der Waals surface area contributed by atoms with Crippen molar-refractivity contribution in [3.05, 3.63) is 0 Å². The van der Waals surface area contributed by atoms with E-state index in [9.17, 15) is 13.2 Å². The number of nitrogens with one attached hydrogen (secondary N) is 2. The van der Waals surface area contributed by atoms with E-state index in [1.165, 1.54) is 0 Å². The first-order valence-electron chi connectivity index (χ1n) is 4.46. The second-order valence-corrected chi connectivity index (χ2v) is 5.00. The molecule has 0 fully saturated rings. The number of aliphatic carboxylic acids is 1. The molecule has 5 N–H and O–H groups in total. The highest BCUT2D eigenvalue weighted by Crippen LogP contribution is 1.80. The molecule has 0 aliphatic carbocycles. The molecular formula is C7H17N3O4S. The normalized spacial score (nSPS) is 13.7. The van der Waals surface area contributed by atoms with E-state index in [1.54, 1.807) is 0 Å². The number of sulfonamides is 1. The molecule has 0 aromatic heterocycles. The largest absolute Gasteiger partial charge is 0.480 e. The van der Waals surface area contributed by atoms with Crippen molar-refractivity contribution < 1.29 is 18.3 Å². The number of carboxylic acids is 1. The molecule has 1 unspecified atom stereocenters. The Kier molecular flexibility index (Phi) is 6.41. The topological polar surface area (TPSA) is 122 Å². The zero-order valence-corrected chi connectivity index (χ0v) is 9.38. The molecule has 1 atom stereocenters. The molecule has 0 radical (unpaired) electrons. The minimum Gasteiger partial charge on any atom is -0.480 e. The molecule has 0 saturated carbocycles. The van der Waals surface area contributed by atoms with Crippen LogP contribution in [0.5, 0.6) is 0 Å². The average Bonchev–Trinajstić information content (AvgIpc) is 2.08. The van der Waals surface area contributed by atoms with Crippen molar-refractivity contribution in [3.63, 3.8) is 0 Å². The van der Waals surface area contributed by atoms with Crippen LogP contribution in [0.25, 0.3) is 0 Å². The molecular weight excluding hydrogens is 222 g/mol. The van der Waals surface area contributed by atoms with Gasteiger partial charge in [-0.2, -0.15) is 0 Å². The summed E-state index contributed by atoms with van der Waals surface area (Å²) in [5.41, 5.74) is 5.23. The van der Waals surface area contributed by atoms with E-state index in [0.717, 1.165) is 6.26 Å². The summed E-state index contributed by atoms with van der Waals surface area (Å²) in [7, 11) is -3.14. The van der Waals surface area contributed by atoms with Gasteiger partial charge in [0.05, 0.1) is 6.26 Å². The maximum atomic E-state index is 10.6. The zero-order valence-electron chi connectivity index (χ0n) is 8.56. The Morgan fingerprint density at radius 2 is 2.07 bits per heavy atom. The molecule has 0 rings (SSSR count). The monoisotopic (exact) mass is 239 g/mol. The highest BCUT2D eigenvalue weighted by atomic mass is 32.2. The van der Waals surface area contributed by atoms with Crippen LogP contribution in [0.15, 0.2) is 0 Å². The Balaban J connectivity index is 3.37. The van der Waals surface area contributed by atoms with Crippen molar-refractivity contribution in [2.75, 3.05) is 25.9 Å². The van der Waals surface area contributed by atoms with Crippen LogP contribution in [0.4, 0.5) is 0 Å². The Morgan fingerprint density at radius 3 is 2.53 bits per heavy atom.